The van der Waals surface area contributed by atoms with Crippen molar-refractivity contribution in [3.05, 3.63) is 84.2 Å². The van der Waals surface area contributed by atoms with Crippen LogP contribution >= 0.6 is 0 Å². The first-order valence-electron chi connectivity index (χ1n) is 8.95. The summed E-state index contributed by atoms with van der Waals surface area (Å²) in [5, 5.41) is 12.9. The molecule has 4 rings (SSSR count). The Morgan fingerprint density at radius 2 is 1.41 bits per heavy atom. The maximum atomic E-state index is 8.89. The first-order valence-corrected chi connectivity index (χ1v) is 8.95. The minimum absolute atomic E-state index is 0.204. The van der Waals surface area contributed by atoms with Crippen LogP contribution in [0.15, 0.2) is 77.3 Å². The summed E-state index contributed by atoms with van der Waals surface area (Å²) >= 11 is 0. The van der Waals surface area contributed by atoms with Crippen molar-refractivity contribution in [3.8, 4) is 40.1 Å². The quantitative estimate of drug-likeness (QED) is 0.473. The van der Waals surface area contributed by atoms with Crippen molar-refractivity contribution in [1.82, 2.24) is 10.1 Å². The third-order valence-corrected chi connectivity index (χ3v) is 4.37. The fraction of sp³-hybridized carbons (Fsp3) is 0.0870. The van der Waals surface area contributed by atoms with Crippen LogP contribution in [-0.2, 0) is 6.61 Å². The smallest absolute Gasteiger partial charge is 0.258 e. The Hall–Kier alpha value is -4.11. The van der Waals surface area contributed by atoms with Crippen molar-refractivity contribution in [1.29, 1.82) is 5.26 Å². The number of aromatic nitrogens is 2. The molecule has 0 unspecified atom stereocenters. The molecule has 6 nitrogen and oxygen atoms in total. The fourth-order valence-corrected chi connectivity index (χ4v) is 2.79. The first kappa shape index (κ1) is 18.3. The average molecular weight is 383 g/mol. The molecule has 0 radical (unpaired) electrons. The highest BCUT2D eigenvalue weighted by atomic mass is 16.5. The van der Waals surface area contributed by atoms with Gasteiger partial charge in [0.15, 0.2) is 6.61 Å². The third-order valence-electron chi connectivity index (χ3n) is 4.37. The highest BCUT2D eigenvalue weighted by Gasteiger charge is 2.10. The first-order chi connectivity index (χ1) is 14.2. The van der Waals surface area contributed by atoms with Crippen molar-refractivity contribution in [3.63, 3.8) is 0 Å². The van der Waals surface area contributed by atoms with Crippen LogP contribution in [-0.4, -0.2) is 17.3 Å². The molecule has 0 amide bonds. The Bertz CT molecular complexity index is 1130. The van der Waals surface area contributed by atoms with Crippen LogP contribution < -0.4 is 9.47 Å². The molecular weight excluding hydrogens is 366 g/mol. The molecule has 0 saturated heterocycles. The van der Waals surface area contributed by atoms with Gasteiger partial charge in [0, 0.05) is 5.56 Å². The standard InChI is InChI=1S/C23H17N3O3/c1-27-20-10-8-19(9-11-20)23-25-22(26-29-23)15-28-21-12-6-18(7-13-21)17-4-2-16(14-24)3-5-17/h2-13H,15H2,1H3. The van der Waals surface area contributed by atoms with E-state index in [1.165, 1.54) is 0 Å². The third kappa shape index (κ3) is 4.25. The zero-order valence-electron chi connectivity index (χ0n) is 15.7. The van der Waals surface area contributed by atoms with E-state index < -0.39 is 0 Å². The van der Waals surface area contributed by atoms with Crippen LogP contribution in [0.25, 0.3) is 22.6 Å². The van der Waals surface area contributed by atoms with Gasteiger partial charge in [-0.3, -0.25) is 0 Å². The Labute approximate surface area is 168 Å². The Balaban J connectivity index is 1.39. The van der Waals surface area contributed by atoms with Gasteiger partial charge >= 0.3 is 0 Å². The van der Waals surface area contributed by atoms with Crippen LogP contribution in [0.4, 0.5) is 0 Å². The van der Waals surface area contributed by atoms with Crippen molar-refractivity contribution in [2.24, 2.45) is 0 Å². The fourth-order valence-electron chi connectivity index (χ4n) is 2.79. The van der Waals surface area contributed by atoms with Crippen molar-refractivity contribution in [2.45, 2.75) is 6.61 Å². The maximum Gasteiger partial charge on any atom is 0.258 e. The lowest BCUT2D eigenvalue weighted by atomic mass is 10.0. The normalized spacial score (nSPS) is 10.3. The molecule has 3 aromatic carbocycles. The second-order valence-corrected chi connectivity index (χ2v) is 6.25. The minimum atomic E-state index is 0.204. The molecule has 6 heteroatoms. The largest absolute Gasteiger partial charge is 0.497 e. The Kier molecular flexibility index (Phi) is 5.21. The molecule has 0 spiro atoms. The molecule has 142 valence electrons. The van der Waals surface area contributed by atoms with Crippen LogP contribution in [0.3, 0.4) is 0 Å². The number of methoxy groups -OCH3 is 1. The van der Waals surface area contributed by atoms with Crippen LogP contribution in [0.5, 0.6) is 11.5 Å². The molecule has 0 fully saturated rings. The van der Waals surface area contributed by atoms with Gasteiger partial charge in [0.25, 0.3) is 5.89 Å². The SMILES string of the molecule is COc1ccc(-c2nc(COc3ccc(-c4ccc(C#N)cc4)cc3)no2)cc1. The van der Waals surface area contributed by atoms with Crippen LogP contribution in [0.1, 0.15) is 11.4 Å². The number of hydrogen-bond acceptors (Lipinski definition) is 6. The average Bonchev–Trinajstić information content (AvgIpc) is 3.27. The molecule has 0 N–H and O–H groups in total. The highest BCUT2D eigenvalue weighted by molar-refractivity contribution is 5.65. The number of hydrogen-bond donors (Lipinski definition) is 0. The number of ether oxygens (including phenoxy) is 2. The van der Waals surface area contributed by atoms with E-state index in [1.807, 2.05) is 60.7 Å². The van der Waals surface area contributed by atoms with Gasteiger partial charge in [-0.05, 0) is 59.7 Å². The predicted octanol–water partition coefficient (Wildman–Crippen LogP) is 4.86. The maximum absolute atomic E-state index is 8.89. The number of nitrogens with zero attached hydrogens (tertiary/aromatic N) is 3. The Morgan fingerprint density at radius 3 is 2.03 bits per heavy atom. The van der Waals surface area contributed by atoms with Crippen molar-refractivity contribution >= 4 is 0 Å². The molecule has 0 aliphatic heterocycles. The lowest BCUT2D eigenvalue weighted by Gasteiger charge is -2.05. The molecule has 1 aromatic heterocycles. The van der Waals surface area contributed by atoms with Crippen LogP contribution in [0.2, 0.25) is 0 Å². The number of rotatable bonds is 6. The number of benzene rings is 3. The summed E-state index contributed by atoms with van der Waals surface area (Å²) in [4.78, 5) is 4.36. The van der Waals surface area contributed by atoms with Gasteiger partial charge in [0.1, 0.15) is 11.5 Å². The summed E-state index contributed by atoms with van der Waals surface area (Å²) in [5.74, 6) is 2.37. The molecule has 0 atom stereocenters. The van der Waals surface area contributed by atoms with Gasteiger partial charge in [-0.25, -0.2) is 0 Å². The van der Waals surface area contributed by atoms with Crippen molar-refractivity contribution in [2.75, 3.05) is 7.11 Å². The van der Waals surface area contributed by atoms with E-state index in [-0.39, 0.29) is 6.61 Å². The summed E-state index contributed by atoms with van der Waals surface area (Å²) < 4.78 is 16.2. The molecule has 0 saturated carbocycles. The summed E-state index contributed by atoms with van der Waals surface area (Å²) in [7, 11) is 1.62. The monoisotopic (exact) mass is 383 g/mol. The molecular formula is C23H17N3O3. The molecule has 0 bridgehead atoms. The topological polar surface area (TPSA) is 81.2 Å². The second-order valence-electron chi connectivity index (χ2n) is 6.25. The lowest BCUT2D eigenvalue weighted by Crippen LogP contribution is -1.97. The van der Waals surface area contributed by atoms with E-state index in [9.17, 15) is 0 Å². The predicted molar refractivity (Wildman–Crippen MR) is 107 cm³/mol. The zero-order chi connectivity index (χ0) is 20.1. The highest BCUT2D eigenvalue weighted by Crippen LogP contribution is 2.24. The molecule has 0 aliphatic rings. The molecule has 0 aliphatic carbocycles. The summed E-state index contributed by atoms with van der Waals surface area (Å²) in [6.45, 7) is 0.204. The summed E-state index contributed by atoms with van der Waals surface area (Å²) in [5.41, 5.74) is 3.54. The van der Waals surface area contributed by atoms with E-state index in [0.717, 1.165) is 22.4 Å². The van der Waals surface area contributed by atoms with E-state index >= 15 is 0 Å². The lowest BCUT2D eigenvalue weighted by molar-refractivity contribution is 0.287. The number of nitriles is 1. The van der Waals surface area contributed by atoms with Gasteiger partial charge in [-0.15, -0.1) is 0 Å². The van der Waals surface area contributed by atoms with Gasteiger partial charge in [0.2, 0.25) is 5.82 Å². The van der Waals surface area contributed by atoms with Gasteiger partial charge in [-0.1, -0.05) is 29.4 Å². The van der Waals surface area contributed by atoms with E-state index in [2.05, 4.69) is 16.2 Å². The van der Waals surface area contributed by atoms with E-state index in [0.29, 0.717) is 23.0 Å². The van der Waals surface area contributed by atoms with E-state index in [4.69, 9.17) is 19.3 Å². The molecule has 4 aromatic rings. The van der Waals surface area contributed by atoms with E-state index in [1.54, 1.807) is 19.2 Å². The Morgan fingerprint density at radius 1 is 0.828 bits per heavy atom. The second kappa shape index (κ2) is 8.28. The minimum Gasteiger partial charge on any atom is -0.497 e. The van der Waals surface area contributed by atoms with Gasteiger partial charge in [0.05, 0.1) is 18.7 Å². The molecule has 1 heterocycles. The zero-order valence-corrected chi connectivity index (χ0v) is 15.7. The molecule has 29 heavy (non-hydrogen) atoms. The van der Waals surface area contributed by atoms with Crippen molar-refractivity contribution < 1.29 is 14.0 Å². The van der Waals surface area contributed by atoms with Gasteiger partial charge in [-0.2, -0.15) is 10.2 Å². The summed E-state index contributed by atoms with van der Waals surface area (Å²) in [6, 6.07) is 24.7. The van der Waals surface area contributed by atoms with Crippen LogP contribution in [0, 0.1) is 11.3 Å². The van der Waals surface area contributed by atoms with Gasteiger partial charge < -0.3 is 14.0 Å². The summed E-state index contributed by atoms with van der Waals surface area (Å²) in [6.07, 6.45) is 0.